The Morgan fingerprint density at radius 2 is 2.15 bits per heavy atom. The Morgan fingerprint density at radius 3 is 2.80 bits per heavy atom. The van der Waals surface area contributed by atoms with E-state index in [1.54, 1.807) is 0 Å². The van der Waals surface area contributed by atoms with Gasteiger partial charge in [0.2, 0.25) is 5.91 Å². The molecule has 0 aromatic heterocycles. The maximum Gasteiger partial charge on any atom is 0.320 e. The summed E-state index contributed by atoms with van der Waals surface area (Å²) in [5.41, 5.74) is 6.78. The molecule has 0 aromatic rings. The lowest BCUT2D eigenvalue weighted by Crippen LogP contribution is -2.30. The van der Waals surface area contributed by atoms with E-state index in [2.05, 4.69) is 23.5 Å². The zero-order valence-electron chi connectivity index (χ0n) is 11.8. The fraction of sp³-hybridized carbons (Fsp3) is 0.600. The molecule has 0 aliphatic heterocycles. The Labute approximate surface area is 119 Å². The van der Waals surface area contributed by atoms with Crippen LogP contribution in [0.1, 0.15) is 44.9 Å². The first kappa shape index (κ1) is 16.4. The normalized spacial score (nSPS) is 14.9. The number of hydrogen-bond donors (Lipinski definition) is 3. The molecule has 20 heavy (non-hydrogen) atoms. The van der Waals surface area contributed by atoms with E-state index in [1.165, 1.54) is 5.57 Å². The van der Waals surface area contributed by atoms with Crippen molar-refractivity contribution in [3.05, 3.63) is 23.8 Å². The highest BCUT2D eigenvalue weighted by Crippen LogP contribution is 2.16. The van der Waals surface area contributed by atoms with E-state index in [0.717, 1.165) is 25.7 Å². The molecule has 0 fully saturated rings. The van der Waals surface area contributed by atoms with E-state index in [4.69, 9.17) is 10.8 Å². The van der Waals surface area contributed by atoms with Crippen molar-refractivity contribution in [2.24, 2.45) is 5.73 Å². The molecule has 5 heteroatoms. The monoisotopic (exact) mass is 280 g/mol. The highest BCUT2D eigenvalue weighted by molar-refractivity contribution is 5.75. The van der Waals surface area contributed by atoms with Crippen LogP contribution in [0, 0.1) is 0 Å². The minimum Gasteiger partial charge on any atom is -0.480 e. The third-order valence-corrected chi connectivity index (χ3v) is 3.33. The number of rotatable bonds is 10. The SMILES string of the molecule is N[C@@H](CCCCNC(=O)CCCC1=CC=CC1)C(=O)O. The summed E-state index contributed by atoms with van der Waals surface area (Å²) in [5.74, 6) is -0.899. The van der Waals surface area contributed by atoms with E-state index >= 15 is 0 Å². The summed E-state index contributed by atoms with van der Waals surface area (Å²) in [6.45, 7) is 0.593. The molecule has 0 heterocycles. The van der Waals surface area contributed by atoms with Crippen LogP contribution in [0.25, 0.3) is 0 Å². The van der Waals surface area contributed by atoms with Gasteiger partial charge in [0.05, 0.1) is 0 Å². The highest BCUT2D eigenvalue weighted by atomic mass is 16.4. The summed E-state index contributed by atoms with van der Waals surface area (Å²) in [4.78, 5) is 22.1. The predicted octanol–water partition coefficient (Wildman–Crippen LogP) is 1.74. The molecule has 0 aromatic carbocycles. The van der Waals surface area contributed by atoms with Crippen LogP contribution < -0.4 is 11.1 Å². The van der Waals surface area contributed by atoms with Crippen LogP contribution in [0.4, 0.5) is 0 Å². The van der Waals surface area contributed by atoms with Gasteiger partial charge in [-0.1, -0.05) is 23.8 Å². The topological polar surface area (TPSA) is 92.4 Å². The molecule has 0 radical (unpaired) electrons. The summed E-state index contributed by atoms with van der Waals surface area (Å²) >= 11 is 0. The summed E-state index contributed by atoms with van der Waals surface area (Å²) in [6.07, 6.45) is 11.6. The molecule has 0 spiro atoms. The fourth-order valence-corrected chi connectivity index (χ4v) is 2.08. The number of amides is 1. The molecule has 1 aliphatic carbocycles. The van der Waals surface area contributed by atoms with Crippen LogP contribution in [0.3, 0.4) is 0 Å². The van der Waals surface area contributed by atoms with Gasteiger partial charge >= 0.3 is 5.97 Å². The summed E-state index contributed by atoms with van der Waals surface area (Å²) in [7, 11) is 0. The van der Waals surface area contributed by atoms with Gasteiger partial charge in [-0.3, -0.25) is 9.59 Å². The van der Waals surface area contributed by atoms with Crippen molar-refractivity contribution < 1.29 is 14.7 Å². The van der Waals surface area contributed by atoms with Crippen molar-refractivity contribution in [3.8, 4) is 0 Å². The molecule has 0 unspecified atom stereocenters. The molecular formula is C15H24N2O3. The Bertz CT molecular complexity index is 389. The second-order valence-electron chi connectivity index (χ2n) is 5.10. The van der Waals surface area contributed by atoms with Gasteiger partial charge in [-0.25, -0.2) is 0 Å². The smallest absolute Gasteiger partial charge is 0.320 e. The van der Waals surface area contributed by atoms with Gasteiger partial charge in [-0.15, -0.1) is 0 Å². The minimum absolute atomic E-state index is 0.0686. The molecule has 1 amide bonds. The molecule has 1 aliphatic rings. The molecule has 1 atom stereocenters. The van der Waals surface area contributed by atoms with Gasteiger partial charge in [0.1, 0.15) is 6.04 Å². The molecule has 0 saturated heterocycles. The summed E-state index contributed by atoms with van der Waals surface area (Å²) < 4.78 is 0. The number of aliphatic carboxylic acids is 1. The first-order valence-electron chi connectivity index (χ1n) is 7.19. The summed E-state index contributed by atoms with van der Waals surface area (Å²) in [6, 6.07) is -0.793. The molecule has 0 saturated carbocycles. The Hall–Kier alpha value is -1.62. The molecule has 4 N–H and O–H groups in total. The number of unbranched alkanes of at least 4 members (excludes halogenated alkanes) is 1. The number of carbonyl (C=O) groups is 2. The Morgan fingerprint density at radius 1 is 1.35 bits per heavy atom. The maximum absolute atomic E-state index is 11.6. The largest absolute Gasteiger partial charge is 0.480 e. The van der Waals surface area contributed by atoms with Crippen molar-refractivity contribution in [2.45, 2.75) is 51.0 Å². The maximum atomic E-state index is 11.6. The van der Waals surface area contributed by atoms with Gasteiger partial charge in [0.15, 0.2) is 0 Å². The van der Waals surface area contributed by atoms with Crippen LogP contribution >= 0.6 is 0 Å². The van der Waals surface area contributed by atoms with E-state index in [-0.39, 0.29) is 5.91 Å². The van der Waals surface area contributed by atoms with E-state index in [1.807, 2.05) is 0 Å². The van der Waals surface area contributed by atoms with E-state index in [9.17, 15) is 9.59 Å². The standard InChI is InChI=1S/C15H24N2O3/c16-13(15(19)20)9-3-4-11-17-14(18)10-5-8-12-6-1-2-7-12/h1-2,6,13H,3-5,7-11,16H2,(H,17,18)(H,19,20)/t13-/m0/s1. The zero-order valence-corrected chi connectivity index (χ0v) is 11.8. The first-order chi connectivity index (χ1) is 9.59. The van der Waals surface area contributed by atoms with Crippen molar-refractivity contribution in [2.75, 3.05) is 6.54 Å². The number of allylic oxidation sites excluding steroid dienone is 4. The number of carboxylic acids is 1. The van der Waals surface area contributed by atoms with Crippen LogP contribution in [0.2, 0.25) is 0 Å². The van der Waals surface area contributed by atoms with Gasteiger partial charge in [0, 0.05) is 13.0 Å². The Balaban J connectivity index is 1.93. The molecule has 0 bridgehead atoms. The average Bonchev–Trinajstić information content (AvgIpc) is 2.91. The molecule has 5 nitrogen and oxygen atoms in total. The molecule has 112 valence electrons. The predicted molar refractivity (Wildman–Crippen MR) is 78.2 cm³/mol. The van der Waals surface area contributed by atoms with Gasteiger partial charge < -0.3 is 16.2 Å². The number of carboxylic acid groups (broad SMARTS) is 1. The zero-order chi connectivity index (χ0) is 14.8. The molecule has 1 rings (SSSR count). The van der Waals surface area contributed by atoms with Crippen molar-refractivity contribution >= 4 is 11.9 Å². The van der Waals surface area contributed by atoms with Crippen LogP contribution in [-0.4, -0.2) is 29.6 Å². The van der Waals surface area contributed by atoms with Gasteiger partial charge in [-0.2, -0.15) is 0 Å². The number of nitrogens with two attached hydrogens (primary N) is 1. The fourth-order valence-electron chi connectivity index (χ4n) is 2.08. The second kappa shape index (κ2) is 9.31. The van der Waals surface area contributed by atoms with Crippen LogP contribution in [0.5, 0.6) is 0 Å². The van der Waals surface area contributed by atoms with Crippen molar-refractivity contribution in [1.82, 2.24) is 5.32 Å². The molecular weight excluding hydrogens is 256 g/mol. The second-order valence-corrected chi connectivity index (χ2v) is 5.10. The van der Waals surface area contributed by atoms with E-state index in [0.29, 0.717) is 25.8 Å². The van der Waals surface area contributed by atoms with Gasteiger partial charge in [-0.05, 0) is 38.5 Å². The third-order valence-electron chi connectivity index (χ3n) is 3.33. The van der Waals surface area contributed by atoms with Crippen LogP contribution in [-0.2, 0) is 9.59 Å². The lowest BCUT2D eigenvalue weighted by Gasteiger charge is -2.07. The van der Waals surface area contributed by atoms with Crippen molar-refractivity contribution in [3.63, 3.8) is 0 Å². The lowest BCUT2D eigenvalue weighted by atomic mass is 10.1. The van der Waals surface area contributed by atoms with E-state index < -0.39 is 12.0 Å². The van der Waals surface area contributed by atoms with Gasteiger partial charge in [0.25, 0.3) is 0 Å². The number of nitrogens with one attached hydrogen (secondary N) is 1. The van der Waals surface area contributed by atoms with Crippen LogP contribution in [0.15, 0.2) is 23.8 Å². The first-order valence-corrected chi connectivity index (χ1v) is 7.19. The van der Waals surface area contributed by atoms with Crippen molar-refractivity contribution in [1.29, 1.82) is 0 Å². The third kappa shape index (κ3) is 7.09. The Kier molecular flexibility index (Phi) is 7.65. The summed E-state index contributed by atoms with van der Waals surface area (Å²) in [5, 5.41) is 11.5. The number of hydrogen-bond acceptors (Lipinski definition) is 3. The number of carbonyl (C=O) groups excluding carboxylic acids is 1. The minimum atomic E-state index is -0.968. The highest BCUT2D eigenvalue weighted by Gasteiger charge is 2.10. The lowest BCUT2D eigenvalue weighted by molar-refractivity contribution is -0.138. The average molecular weight is 280 g/mol. The quantitative estimate of drug-likeness (QED) is 0.531.